The summed E-state index contributed by atoms with van der Waals surface area (Å²) in [6.45, 7) is 3.56. The molecule has 1 amide bonds. The van der Waals surface area contributed by atoms with Crippen LogP contribution in [0.5, 0.6) is 17.2 Å². The second-order valence-corrected chi connectivity index (χ2v) is 9.15. The van der Waals surface area contributed by atoms with Gasteiger partial charge in [-0.15, -0.1) is 0 Å². The largest absolute Gasteiger partial charge is 0.504 e. The van der Waals surface area contributed by atoms with Crippen molar-refractivity contribution in [3.8, 4) is 17.2 Å². The Hall–Kier alpha value is -3.82. The molecule has 1 fully saturated rings. The standard InChI is InChI=1S/C26H27ClN6O3/c1-32-22-16-23(34)24(15-20(22)31-26(32)30-18-6-4-17(27)5-7-18)36-19-8-9-28-21(14-19)25(35)29-10-13-33-11-2-3-12-33/h4-9,14-16,34H,2-3,10-13H2,1H3,(H,29,35)(H,30,31). The van der Waals surface area contributed by atoms with Crippen LogP contribution in [-0.4, -0.2) is 56.6 Å². The van der Waals surface area contributed by atoms with E-state index in [-0.39, 0.29) is 23.1 Å². The number of anilines is 2. The third-order valence-corrected chi connectivity index (χ3v) is 6.42. The van der Waals surface area contributed by atoms with Crippen molar-refractivity contribution in [3.05, 3.63) is 65.4 Å². The lowest BCUT2D eigenvalue weighted by Crippen LogP contribution is -2.33. The monoisotopic (exact) mass is 506 g/mol. The summed E-state index contributed by atoms with van der Waals surface area (Å²) >= 11 is 5.97. The lowest BCUT2D eigenvalue weighted by atomic mass is 10.2. The Kier molecular flexibility index (Phi) is 6.92. The highest BCUT2D eigenvalue weighted by Gasteiger charge is 2.16. The topological polar surface area (TPSA) is 105 Å². The van der Waals surface area contributed by atoms with E-state index in [0.717, 1.165) is 30.8 Å². The number of aromatic nitrogens is 3. The number of fused-ring (bicyclic) bond motifs is 1. The Morgan fingerprint density at radius 3 is 2.69 bits per heavy atom. The van der Waals surface area contributed by atoms with Gasteiger partial charge < -0.3 is 29.9 Å². The number of likely N-dealkylation sites (tertiary alicyclic amines) is 1. The number of pyridine rings is 1. The Morgan fingerprint density at radius 1 is 1.14 bits per heavy atom. The lowest BCUT2D eigenvalue weighted by molar-refractivity contribution is 0.0944. The number of halogens is 1. The first-order chi connectivity index (χ1) is 17.5. The zero-order chi connectivity index (χ0) is 25.1. The van der Waals surface area contributed by atoms with Crippen LogP contribution in [0.15, 0.2) is 54.7 Å². The average Bonchev–Trinajstić information content (AvgIpc) is 3.49. The fourth-order valence-electron chi connectivity index (χ4n) is 4.21. The zero-order valence-electron chi connectivity index (χ0n) is 19.9. The van der Waals surface area contributed by atoms with Crippen LogP contribution in [0, 0.1) is 0 Å². The Bertz CT molecular complexity index is 1380. The number of aryl methyl sites for hydroxylation is 1. The number of amides is 1. The van der Waals surface area contributed by atoms with E-state index in [4.69, 9.17) is 16.3 Å². The number of phenols is 1. The highest BCUT2D eigenvalue weighted by molar-refractivity contribution is 6.30. The van der Waals surface area contributed by atoms with Crippen LogP contribution in [0.1, 0.15) is 23.3 Å². The van der Waals surface area contributed by atoms with Crippen molar-refractivity contribution in [2.45, 2.75) is 12.8 Å². The molecule has 5 rings (SSSR count). The molecule has 10 heteroatoms. The summed E-state index contributed by atoms with van der Waals surface area (Å²) in [4.78, 5) is 23.7. The smallest absolute Gasteiger partial charge is 0.270 e. The Morgan fingerprint density at radius 2 is 1.92 bits per heavy atom. The molecule has 1 aliphatic heterocycles. The SMILES string of the molecule is Cn1c(Nc2ccc(Cl)cc2)nc2cc(Oc3ccnc(C(=O)NCCN4CCCC4)c3)c(O)cc21. The van der Waals surface area contributed by atoms with Gasteiger partial charge in [-0.05, 0) is 56.3 Å². The molecule has 0 spiro atoms. The van der Waals surface area contributed by atoms with Crippen molar-refractivity contribution in [1.29, 1.82) is 0 Å². The highest BCUT2D eigenvalue weighted by atomic mass is 35.5. The first kappa shape index (κ1) is 23.9. The molecule has 1 aliphatic rings. The predicted molar refractivity (Wildman–Crippen MR) is 139 cm³/mol. The molecule has 0 atom stereocenters. The maximum absolute atomic E-state index is 12.5. The third-order valence-electron chi connectivity index (χ3n) is 6.17. The van der Waals surface area contributed by atoms with Crippen molar-refractivity contribution in [2.75, 3.05) is 31.5 Å². The summed E-state index contributed by atoms with van der Waals surface area (Å²) in [6.07, 6.45) is 3.94. The van der Waals surface area contributed by atoms with Crippen molar-refractivity contribution >= 4 is 40.2 Å². The number of aromatic hydroxyl groups is 1. The summed E-state index contributed by atoms with van der Waals surface area (Å²) in [6, 6.07) is 13.7. The molecule has 9 nitrogen and oxygen atoms in total. The number of phenolic OH excluding ortho intramolecular Hbond substituents is 1. The van der Waals surface area contributed by atoms with Crippen LogP contribution < -0.4 is 15.4 Å². The van der Waals surface area contributed by atoms with Gasteiger partial charge in [0, 0.05) is 55.2 Å². The number of imidazole rings is 1. The second-order valence-electron chi connectivity index (χ2n) is 8.72. The summed E-state index contributed by atoms with van der Waals surface area (Å²) in [7, 11) is 1.85. The molecular weight excluding hydrogens is 480 g/mol. The number of ether oxygens (including phenoxy) is 1. The molecule has 1 saturated heterocycles. The fraction of sp³-hybridized carbons (Fsp3) is 0.269. The fourth-order valence-corrected chi connectivity index (χ4v) is 4.34. The predicted octanol–water partition coefficient (Wildman–Crippen LogP) is 4.69. The summed E-state index contributed by atoms with van der Waals surface area (Å²) < 4.78 is 7.75. The molecular formula is C26H27ClN6O3. The van der Waals surface area contributed by atoms with Gasteiger partial charge in [-0.25, -0.2) is 4.98 Å². The van der Waals surface area contributed by atoms with Crippen LogP contribution in [-0.2, 0) is 7.05 Å². The molecule has 36 heavy (non-hydrogen) atoms. The number of carbonyl (C=O) groups excluding carboxylic acids is 1. The summed E-state index contributed by atoms with van der Waals surface area (Å²) in [5.74, 6) is 0.907. The zero-order valence-corrected chi connectivity index (χ0v) is 20.6. The Labute approximate surface area is 213 Å². The molecule has 0 unspecified atom stereocenters. The maximum atomic E-state index is 12.5. The molecule has 0 bridgehead atoms. The first-order valence-electron chi connectivity index (χ1n) is 11.8. The van der Waals surface area contributed by atoms with E-state index >= 15 is 0 Å². The summed E-state index contributed by atoms with van der Waals surface area (Å²) in [5.41, 5.74) is 2.45. The quantitative estimate of drug-likeness (QED) is 0.318. The minimum atomic E-state index is -0.262. The highest BCUT2D eigenvalue weighted by Crippen LogP contribution is 2.36. The number of hydrogen-bond acceptors (Lipinski definition) is 7. The van der Waals surface area contributed by atoms with Crippen LogP contribution in [0.4, 0.5) is 11.6 Å². The number of hydrogen-bond donors (Lipinski definition) is 3. The van der Waals surface area contributed by atoms with Gasteiger partial charge in [0.15, 0.2) is 11.5 Å². The van der Waals surface area contributed by atoms with E-state index < -0.39 is 0 Å². The van der Waals surface area contributed by atoms with Gasteiger partial charge in [0.2, 0.25) is 5.95 Å². The van der Waals surface area contributed by atoms with Gasteiger partial charge in [0.25, 0.3) is 5.91 Å². The lowest BCUT2D eigenvalue weighted by Gasteiger charge is -2.14. The maximum Gasteiger partial charge on any atom is 0.270 e. The molecule has 2 aromatic heterocycles. The van der Waals surface area contributed by atoms with E-state index in [1.165, 1.54) is 19.0 Å². The van der Waals surface area contributed by atoms with Gasteiger partial charge in [-0.3, -0.25) is 9.78 Å². The average molecular weight is 507 g/mol. The number of benzene rings is 2. The van der Waals surface area contributed by atoms with Gasteiger partial charge in [0.05, 0.1) is 11.0 Å². The molecule has 0 saturated carbocycles. The van der Waals surface area contributed by atoms with Gasteiger partial charge >= 0.3 is 0 Å². The molecule has 2 aromatic carbocycles. The Balaban J connectivity index is 1.29. The van der Waals surface area contributed by atoms with Gasteiger partial charge in [-0.2, -0.15) is 0 Å². The van der Waals surface area contributed by atoms with Crippen LogP contribution in [0.3, 0.4) is 0 Å². The van der Waals surface area contributed by atoms with Gasteiger partial charge in [0.1, 0.15) is 11.4 Å². The van der Waals surface area contributed by atoms with Crippen LogP contribution in [0.2, 0.25) is 5.02 Å². The first-order valence-corrected chi connectivity index (χ1v) is 12.2. The number of rotatable bonds is 8. The number of carbonyl (C=O) groups is 1. The molecule has 0 aliphatic carbocycles. The second kappa shape index (κ2) is 10.4. The molecule has 186 valence electrons. The minimum Gasteiger partial charge on any atom is -0.504 e. The molecule has 0 radical (unpaired) electrons. The van der Waals surface area contributed by atoms with Crippen molar-refractivity contribution in [2.24, 2.45) is 7.05 Å². The van der Waals surface area contributed by atoms with Crippen LogP contribution in [0.25, 0.3) is 11.0 Å². The molecule has 3 heterocycles. The van der Waals surface area contributed by atoms with Crippen molar-refractivity contribution < 1.29 is 14.6 Å². The number of nitrogens with zero attached hydrogens (tertiary/aromatic N) is 4. The van der Waals surface area contributed by atoms with E-state index in [2.05, 4.69) is 25.5 Å². The third kappa shape index (κ3) is 5.37. The molecule has 3 N–H and O–H groups in total. The minimum absolute atomic E-state index is 0.0445. The molecule has 4 aromatic rings. The van der Waals surface area contributed by atoms with E-state index in [1.807, 2.05) is 23.7 Å². The van der Waals surface area contributed by atoms with Crippen molar-refractivity contribution in [1.82, 2.24) is 24.8 Å². The van der Waals surface area contributed by atoms with Gasteiger partial charge in [-0.1, -0.05) is 11.6 Å². The van der Waals surface area contributed by atoms with E-state index in [0.29, 0.717) is 28.8 Å². The summed E-state index contributed by atoms with van der Waals surface area (Å²) in [5, 5.41) is 17.4. The normalized spacial score (nSPS) is 13.7. The van der Waals surface area contributed by atoms with Crippen molar-refractivity contribution in [3.63, 3.8) is 0 Å². The van der Waals surface area contributed by atoms with E-state index in [9.17, 15) is 9.90 Å². The van der Waals surface area contributed by atoms with Crippen LogP contribution >= 0.6 is 11.6 Å². The van der Waals surface area contributed by atoms with E-state index in [1.54, 1.807) is 36.4 Å². The number of nitrogens with one attached hydrogen (secondary N) is 2.